The van der Waals surface area contributed by atoms with E-state index in [-0.39, 0.29) is 18.3 Å². The van der Waals surface area contributed by atoms with Crippen LogP contribution in [0.2, 0.25) is 0 Å². The van der Waals surface area contributed by atoms with Gasteiger partial charge in [-0.2, -0.15) is 5.26 Å². The highest BCUT2D eigenvalue weighted by Gasteiger charge is 2.10. The van der Waals surface area contributed by atoms with Crippen molar-refractivity contribution in [3.05, 3.63) is 28.8 Å². The number of ether oxygens (including phenoxy) is 1. The number of hydrogen-bond acceptors (Lipinski definition) is 4. The molecule has 0 spiro atoms. The van der Waals surface area contributed by atoms with Gasteiger partial charge in [0.05, 0.1) is 19.1 Å². The summed E-state index contributed by atoms with van der Waals surface area (Å²) in [6.07, 6.45) is 0.152. The van der Waals surface area contributed by atoms with Crippen LogP contribution in [-0.4, -0.2) is 13.1 Å². The number of esters is 1. The predicted octanol–water partition coefficient (Wildman–Crippen LogP) is 2.30. The van der Waals surface area contributed by atoms with Crippen LogP contribution in [0.1, 0.15) is 16.7 Å². The van der Waals surface area contributed by atoms with Crippen molar-refractivity contribution >= 4 is 30.2 Å². The molecule has 16 heavy (non-hydrogen) atoms. The molecular weight excluding hydrogens is 246 g/mol. The fourth-order valence-electron chi connectivity index (χ4n) is 1.33. The third kappa shape index (κ3) is 2.91. The second-order valence-corrected chi connectivity index (χ2v) is 3.90. The Balaban J connectivity index is 3.11. The number of carbonyl (C=O) groups is 1. The minimum atomic E-state index is -0.335. The molecule has 0 bridgehead atoms. The summed E-state index contributed by atoms with van der Waals surface area (Å²) in [5.74, 6) is -0.121. The Morgan fingerprint density at radius 3 is 2.81 bits per heavy atom. The van der Waals surface area contributed by atoms with Crippen LogP contribution in [-0.2, 0) is 21.8 Å². The maximum Gasteiger partial charge on any atom is 0.309 e. The maximum absolute atomic E-state index is 11.1. The molecule has 5 heteroatoms. The quantitative estimate of drug-likeness (QED) is 0.512. The third-order valence-electron chi connectivity index (χ3n) is 2.09. The summed E-state index contributed by atoms with van der Waals surface area (Å²) in [5, 5.41) is 8.90. The summed E-state index contributed by atoms with van der Waals surface area (Å²) in [4.78, 5) is 11.6. The molecule has 0 atom stereocenters. The second kappa shape index (κ2) is 5.78. The van der Waals surface area contributed by atoms with E-state index in [0.29, 0.717) is 16.0 Å². The SMILES string of the molecule is COC(=O)Cc1cc(S)c(C#N)c(CCl)c1. The molecule has 0 aliphatic heterocycles. The highest BCUT2D eigenvalue weighted by atomic mass is 35.5. The van der Waals surface area contributed by atoms with E-state index in [0.717, 1.165) is 5.56 Å². The lowest BCUT2D eigenvalue weighted by molar-refractivity contribution is -0.139. The van der Waals surface area contributed by atoms with Crippen molar-refractivity contribution in [2.45, 2.75) is 17.2 Å². The van der Waals surface area contributed by atoms with Crippen LogP contribution in [0.15, 0.2) is 17.0 Å². The van der Waals surface area contributed by atoms with E-state index in [1.807, 2.05) is 6.07 Å². The van der Waals surface area contributed by atoms with Crippen LogP contribution >= 0.6 is 24.2 Å². The van der Waals surface area contributed by atoms with E-state index in [1.54, 1.807) is 12.1 Å². The Kier molecular flexibility index (Phi) is 4.66. The number of benzene rings is 1. The molecule has 0 N–H and O–H groups in total. The lowest BCUT2D eigenvalue weighted by Gasteiger charge is -2.07. The van der Waals surface area contributed by atoms with Gasteiger partial charge < -0.3 is 4.74 Å². The molecule has 0 saturated carbocycles. The highest BCUT2D eigenvalue weighted by Crippen LogP contribution is 2.22. The van der Waals surface area contributed by atoms with Crippen LogP contribution in [0.25, 0.3) is 0 Å². The van der Waals surface area contributed by atoms with Gasteiger partial charge in [-0.05, 0) is 17.2 Å². The van der Waals surface area contributed by atoms with Crippen LogP contribution in [0.5, 0.6) is 0 Å². The average Bonchev–Trinajstić information content (AvgIpc) is 2.28. The molecule has 1 rings (SSSR count). The fraction of sp³-hybridized carbons (Fsp3) is 0.273. The standard InChI is InChI=1S/C11H10ClNO2S/c1-15-11(14)4-7-2-8(5-12)9(6-13)10(16)3-7/h2-3,16H,4-5H2,1H3. The monoisotopic (exact) mass is 255 g/mol. The van der Waals surface area contributed by atoms with Crippen molar-refractivity contribution in [2.24, 2.45) is 0 Å². The second-order valence-electron chi connectivity index (χ2n) is 3.15. The van der Waals surface area contributed by atoms with E-state index >= 15 is 0 Å². The summed E-state index contributed by atoms with van der Waals surface area (Å²) >= 11 is 9.91. The Bertz CT molecular complexity index is 454. The highest BCUT2D eigenvalue weighted by molar-refractivity contribution is 7.80. The first-order valence-corrected chi connectivity index (χ1v) is 5.48. The van der Waals surface area contributed by atoms with Crippen LogP contribution in [0.3, 0.4) is 0 Å². The van der Waals surface area contributed by atoms with Gasteiger partial charge in [-0.1, -0.05) is 6.07 Å². The average molecular weight is 256 g/mol. The van der Waals surface area contributed by atoms with Crippen LogP contribution < -0.4 is 0 Å². The first kappa shape index (κ1) is 12.9. The van der Waals surface area contributed by atoms with Gasteiger partial charge in [0.15, 0.2) is 0 Å². The molecule has 0 radical (unpaired) electrons. The van der Waals surface area contributed by atoms with Gasteiger partial charge in [0.25, 0.3) is 0 Å². The van der Waals surface area contributed by atoms with Crippen molar-refractivity contribution in [2.75, 3.05) is 7.11 Å². The van der Waals surface area contributed by atoms with E-state index in [4.69, 9.17) is 16.9 Å². The normalized spacial score (nSPS) is 9.62. The summed E-state index contributed by atoms with van der Waals surface area (Å²) in [7, 11) is 1.33. The number of alkyl halides is 1. The number of carbonyl (C=O) groups excluding carboxylic acids is 1. The zero-order chi connectivity index (χ0) is 12.1. The van der Waals surface area contributed by atoms with Crippen molar-refractivity contribution in [1.29, 1.82) is 5.26 Å². The molecule has 0 heterocycles. The number of methoxy groups -OCH3 is 1. The summed E-state index contributed by atoms with van der Waals surface area (Å²) in [6, 6.07) is 5.43. The zero-order valence-corrected chi connectivity index (χ0v) is 10.3. The molecule has 1 aromatic carbocycles. The molecule has 0 saturated heterocycles. The van der Waals surface area contributed by atoms with Crippen molar-refractivity contribution in [1.82, 2.24) is 0 Å². The molecule has 0 aliphatic rings. The van der Waals surface area contributed by atoms with Gasteiger partial charge in [0.2, 0.25) is 0 Å². The van der Waals surface area contributed by atoms with E-state index in [9.17, 15) is 4.79 Å². The predicted molar refractivity (Wildman–Crippen MR) is 63.7 cm³/mol. The van der Waals surface area contributed by atoms with Crippen molar-refractivity contribution in [3.63, 3.8) is 0 Å². The molecule has 0 amide bonds. The first-order chi connectivity index (χ1) is 7.62. The lowest BCUT2D eigenvalue weighted by Crippen LogP contribution is -2.05. The molecule has 0 aliphatic carbocycles. The minimum absolute atomic E-state index is 0.152. The molecule has 3 nitrogen and oxygen atoms in total. The number of hydrogen-bond donors (Lipinski definition) is 1. The largest absolute Gasteiger partial charge is 0.469 e. The molecule has 0 unspecified atom stereocenters. The third-order valence-corrected chi connectivity index (χ3v) is 2.73. The van der Waals surface area contributed by atoms with E-state index < -0.39 is 0 Å². The Labute approximate surface area is 104 Å². The van der Waals surface area contributed by atoms with Gasteiger partial charge in [0.1, 0.15) is 6.07 Å². The van der Waals surface area contributed by atoms with Crippen molar-refractivity contribution < 1.29 is 9.53 Å². The first-order valence-electron chi connectivity index (χ1n) is 4.50. The Morgan fingerprint density at radius 2 is 2.31 bits per heavy atom. The number of halogens is 1. The number of rotatable bonds is 3. The molecule has 1 aromatic rings. The lowest BCUT2D eigenvalue weighted by atomic mass is 10.0. The van der Waals surface area contributed by atoms with Gasteiger partial charge >= 0.3 is 5.97 Å². The smallest absolute Gasteiger partial charge is 0.309 e. The van der Waals surface area contributed by atoms with Gasteiger partial charge in [0, 0.05) is 10.8 Å². The molecule has 84 valence electrons. The Morgan fingerprint density at radius 1 is 1.62 bits per heavy atom. The summed E-state index contributed by atoms with van der Waals surface area (Å²) < 4.78 is 4.56. The molecular formula is C11H10ClNO2S. The molecule has 0 aromatic heterocycles. The Hall–Kier alpha value is -1.18. The summed E-state index contributed by atoms with van der Waals surface area (Å²) in [6.45, 7) is 0. The van der Waals surface area contributed by atoms with Crippen LogP contribution in [0, 0.1) is 11.3 Å². The van der Waals surface area contributed by atoms with E-state index in [1.165, 1.54) is 7.11 Å². The van der Waals surface area contributed by atoms with Crippen LogP contribution in [0.4, 0.5) is 0 Å². The summed E-state index contributed by atoms with van der Waals surface area (Å²) in [5.41, 5.74) is 1.87. The number of nitriles is 1. The zero-order valence-electron chi connectivity index (χ0n) is 8.66. The molecule has 0 fully saturated rings. The fourth-order valence-corrected chi connectivity index (χ4v) is 1.90. The van der Waals surface area contributed by atoms with E-state index in [2.05, 4.69) is 17.4 Å². The topological polar surface area (TPSA) is 50.1 Å². The van der Waals surface area contributed by atoms with Gasteiger partial charge in [-0.25, -0.2) is 0 Å². The van der Waals surface area contributed by atoms with Gasteiger partial charge in [-0.3, -0.25) is 4.79 Å². The van der Waals surface area contributed by atoms with Gasteiger partial charge in [-0.15, -0.1) is 24.2 Å². The van der Waals surface area contributed by atoms with Crippen molar-refractivity contribution in [3.8, 4) is 6.07 Å². The maximum atomic E-state index is 11.1. The number of nitrogens with zero attached hydrogens (tertiary/aromatic N) is 1. The minimum Gasteiger partial charge on any atom is -0.469 e. The number of thiol groups is 1.